The number of carbonyl (C=O) groups is 3. The van der Waals surface area contributed by atoms with Crippen molar-refractivity contribution in [2.75, 3.05) is 24.5 Å². The van der Waals surface area contributed by atoms with Gasteiger partial charge in [-0.1, -0.05) is 12.1 Å². The van der Waals surface area contributed by atoms with Crippen molar-refractivity contribution in [3.05, 3.63) is 46.8 Å². The number of rotatable bonds is 4. The molecule has 1 aromatic heterocycles. The van der Waals surface area contributed by atoms with Crippen LogP contribution < -0.4 is 15.5 Å². The fourth-order valence-electron chi connectivity index (χ4n) is 5.22. The van der Waals surface area contributed by atoms with Gasteiger partial charge >= 0.3 is 0 Å². The van der Waals surface area contributed by atoms with Gasteiger partial charge in [-0.05, 0) is 30.0 Å². The summed E-state index contributed by atoms with van der Waals surface area (Å²) < 4.78 is 2.25. The Labute approximate surface area is 185 Å². The minimum absolute atomic E-state index is 0.128. The highest BCUT2D eigenvalue weighted by molar-refractivity contribution is 6.05. The van der Waals surface area contributed by atoms with E-state index in [0.717, 1.165) is 55.4 Å². The van der Waals surface area contributed by atoms with Crippen molar-refractivity contribution in [3.63, 3.8) is 0 Å². The summed E-state index contributed by atoms with van der Waals surface area (Å²) in [7, 11) is 0. The molecule has 1 atom stereocenters. The van der Waals surface area contributed by atoms with Crippen LogP contribution in [-0.4, -0.2) is 57.8 Å². The third-order valence-electron chi connectivity index (χ3n) is 7.12. The number of fused-ring (bicyclic) bond motifs is 2. The van der Waals surface area contributed by atoms with Gasteiger partial charge in [0.2, 0.25) is 17.8 Å². The molecule has 9 heteroatoms. The number of hydrogen-bond acceptors (Lipinski definition) is 6. The van der Waals surface area contributed by atoms with E-state index in [1.54, 1.807) is 4.90 Å². The van der Waals surface area contributed by atoms with Gasteiger partial charge in [-0.2, -0.15) is 0 Å². The Morgan fingerprint density at radius 3 is 2.78 bits per heavy atom. The van der Waals surface area contributed by atoms with Gasteiger partial charge in [0, 0.05) is 63.4 Å². The van der Waals surface area contributed by atoms with Gasteiger partial charge in [0.1, 0.15) is 6.04 Å². The van der Waals surface area contributed by atoms with E-state index in [1.807, 2.05) is 12.1 Å². The van der Waals surface area contributed by atoms with Crippen LogP contribution in [0.3, 0.4) is 0 Å². The number of imide groups is 1. The minimum atomic E-state index is -0.590. The Morgan fingerprint density at radius 2 is 2.00 bits per heavy atom. The van der Waals surface area contributed by atoms with E-state index in [2.05, 4.69) is 32.4 Å². The monoisotopic (exact) mass is 434 g/mol. The lowest BCUT2D eigenvalue weighted by molar-refractivity contribution is -0.136. The summed E-state index contributed by atoms with van der Waals surface area (Å²) in [4.78, 5) is 45.9. The predicted octanol–water partition coefficient (Wildman–Crippen LogP) is 0.741. The summed E-state index contributed by atoms with van der Waals surface area (Å²) >= 11 is 0. The second kappa shape index (κ2) is 7.44. The lowest BCUT2D eigenvalue weighted by Crippen LogP contribution is -2.52. The average Bonchev–Trinajstić information content (AvgIpc) is 3.30. The van der Waals surface area contributed by atoms with Crippen LogP contribution in [0.4, 0.5) is 5.95 Å². The van der Waals surface area contributed by atoms with Crippen LogP contribution in [0.5, 0.6) is 0 Å². The van der Waals surface area contributed by atoms with Crippen LogP contribution >= 0.6 is 0 Å². The number of aryl methyl sites for hydroxylation is 1. The van der Waals surface area contributed by atoms with E-state index in [0.29, 0.717) is 31.0 Å². The van der Waals surface area contributed by atoms with Gasteiger partial charge in [0.25, 0.3) is 5.91 Å². The van der Waals surface area contributed by atoms with E-state index < -0.39 is 6.04 Å². The van der Waals surface area contributed by atoms with E-state index >= 15 is 0 Å². The molecule has 4 aliphatic rings. The van der Waals surface area contributed by atoms with Gasteiger partial charge in [0.05, 0.1) is 5.69 Å². The molecule has 32 heavy (non-hydrogen) atoms. The van der Waals surface area contributed by atoms with Gasteiger partial charge < -0.3 is 19.7 Å². The van der Waals surface area contributed by atoms with Gasteiger partial charge in [-0.15, -0.1) is 0 Å². The number of carbonyl (C=O) groups excluding carboxylic acids is 3. The molecule has 2 N–H and O–H groups in total. The van der Waals surface area contributed by atoms with Crippen molar-refractivity contribution in [2.45, 2.75) is 50.9 Å². The first-order valence-corrected chi connectivity index (χ1v) is 11.4. The maximum Gasteiger partial charge on any atom is 0.255 e. The van der Waals surface area contributed by atoms with Crippen LogP contribution in [0.15, 0.2) is 24.4 Å². The quantitative estimate of drug-likeness (QED) is 0.689. The normalized spacial score (nSPS) is 23.1. The van der Waals surface area contributed by atoms with E-state index in [-0.39, 0.29) is 24.1 Å². The fraction of sp³-hybridized carbons (Fsp3) is 0.478. The SMILES string of the molecule is O=C1CCC(N2Cc3c(CN4CCCn5cc(C6CNC6)nc54)cccc3C2=O)C(=O)N1. The molecule has 166 valence electrons. The number of nitrogens with one attached hydrogen (secondary N) is 2. The van der Waals surface area contributed by atoms with E-state index in [9.17, 15) is 14.4 Å². The van der Waals surface area contributed by atoms with Crippen LogP contribution in [-0.2, 0) is 29.2 Å². The highest BCUT2D eigenvalue weighted by Gasteiger charge is 2.40. The summed E-state index contributed by atoms with van der Waals surface area (Å²) in [5.41, 5.74) is 3.89. The molecular formula is C23H26N6O3. The molecule has 0 saturated carbocycles. The molecule has 1 unspecified atom stereocenters. The summed E-state index contributed by atoms with van der Waals surface area (Å²) in [6, 6.07) is 5.24. The molecule has 5 heterocycles. The molecule has 0 radical (unpaired) electrons. The third kappa shape index (κ3) is 3.10. The Morgan fingerprint density at radius 1 is 1.12 bits per heavy atom. The molecule has 0 spiro atoms. The summed E-state index contributed by atoms with van der Waals surface area (Å²) in [5, 5.41) is 5.68. The summed E-state index contributed by atoms with van der Waals surface area (Å²) in [6.45, 7) is 4.96. The number of imidazole rings is 1. The highest BCUT2D eigenvalue weighted by Crippen LogP contribution is 2.32. The van der Waals surface area contributed by atoms with Crippen molar-refractivity contribution < 1.29 is 14.4 Å². The topological polar surface area (TPSA) is 99.6 Å². The zero-order chi connectivity index (χ0) is 21.8. The van der Waals surface area contributed by atoms with E-state index in [1.165, 1.54) is 0 Å². The number of anilines is 1. The molecule has 0 bridgehead atoms. The highest BCUT2D eigenvalue weighted by atomic mass is 16.2. The van der Waals surface area contributed by atoms with Crippen LogP contribution in [0.25, 0.3) is 0 Å². The second-order valence-electron chi connectivity index (χ2n) is 9.13. The summed E-state index contributed by atoms with van der Waals surface area (Å²) in [5.74, 6) is 0.725. The second-order valence-corrected chi connectivity index (χ2v) is 9.13. The maximum atomic E-state index is 13.1. The smallest absolute Gasteiger partial charge is 0.255 e. The standard InChI is InChI=1S/C23H26N6O3/c30-20-6-5-19(21(31)26-20)29-12-17-14(3-1-4-16(17)22(29)32)11-27-7-2-8-28-13-18(25-23(27)28)15-9-24-10-15/h1,3-4,13,15,19,24H,2,5-12H2,(H,26,30,31). The van der Waals surface area contributed by atoms with Gasteiger partial charge in [0.15, 0.2) is 0 Å². The lowest BCUT2D eigenvalue weighted by atomic mass is 10.0. The Kier molecular flexibility index (Phi) is 4.53. The van der Waals surface area contributed by atoms with E-state index in [4.69, 9.17) is 4.98 Å². The van der Waals surface area contributed by atoms with Crippen molar-refractivity contribution in [2.24, 2.45) is 0 Å². The van der Waals surface area contributed by atoms with Crippen molar-refractivity contribution in [1.29, 1.82) is 0 Å². The minimum Gasteiger partial charge on any atom is -0.338 e. The fourth-order valence-corrected chi connectivity index (χ4v) is 5.22. The van der Waals surface area contributed by atoms with Crippen molar-refractivity contribution >= 4 is 23.7 Å². The molecule has 9 nitrogen and oxygen atoms in total. The number of piperidine rings is 1. The van der Waals surface area contributed by atoms with Crippen LogP contribution in [0.1, 0.15) is 52.4 Å². The largest absolute Gasteiger partial charge is 0.338 e. The zero-order valence-electron chi connectivity index (χ0n) is 17.8. The Bertz CT molecular complexity index is 1120. The number of nitrogens with zero attached hydrogens (tertiary/aromatic N) is 4. The lowest BCUT2D eigenvalue weighted by Gasteiger charge is -2.30. The maximum absolute atomic E-state index is 13.1. The van der Waals surface area contributed by atoms with Crippen LogP contribution in [0, 0.1) is 0 Å². The molecular weight excluding hydrogens is 408 g/mol. The number of benzene rings is 1. The number of amides is 3. The first kappa shape index (κ1) is 19.5. The van der Waals surface area contributed by atoms with Gasteiger partial charge in [-0.3, -0.25) is 19.7 Å². The number of aromatic nitrogens is 2. The first-order chi connectivity index (χ1) is 15.6. The molecule has 3 amide bonds. The zero-order valence-corrected chi connectivity index (χ0v) is 17.8. The van der Waals surface area contributed by atoms with Crippen LogP contribution in [0.2, 0.25) is 0 Å². The first-order valence-electron chi connectivity index (χ1n) is 11.4. The molecule has 2 fully saturated rings. The molecule has 0 aliphatic carbocycles. The Hall–Kier alpha value is -3.20. The molecule has 4 aliphatic heterocycles. The molecule has 1 aromatic carbocycles. The third-order valence-corrected chi connectivity index (χ3v) is 7.12. The predicted molar refractivity (Wildman–Crippen MR) is 116 cm³/mol. The molecule has 2 aromatic rings. The average molecular weight is 435 g/mol. The van der Waals surface area contributed by atoms with Gasteiger partial charge in [-0.25, -0.2) is 4.98 Å². The summed E-state index contributed by atoms with van der Waals surface area (Å²) in [6.07, 6.45) is 3.89. The van der Waals surface area contributed by atoms with Crippen molar-refractivity contribution in [3.8, 4) is 0 Å². The molecule has 2 saturated heterocycles. The number of hydrogen-bond donors (Lipinski definition) is 2. The Balaban J connectivity index is 1.26. The van der Waals surface area contributed by atoms with Crippen molar-refractivity contribution in [1.82, 2.24) is 25.1 Å². The molecule has 6 rings (SSSR count).